The average molecular weight is 413 g/mol. The highest BCUT2D eigenvalue weighted by Crippen LogP contribution is 2.42. The molecule has 0 unspecified atom stereocenters. The molecule has 0 atom stereocenters. The highest BCUT2D eigenvalue weighted by molar-refractivity contribution is 9.10. The Morgan fingerprint density at radius 1 is 1.17 bits per heavy atom. The van der Waals surface area contributed by atoms with Crippen molar-refractivity contribution >= 4 is 44.8 Å². The number of ether oxygens (including phenoxy) is 1. The number of pyridine rings is 1. The second-order valence-corrected chi connectivity index (χ2v) is 7.11. The second-order valence-electron chi connectivity index (χ2n) is 5.59. The summed E-state index contributed by atoms with van der Waals surface area (Å²) in [7, 11) is 0. The van der Waals surface area contributed by atoms with Crippen molar-refractivity contribution in [1.82, 2.24) is 14.6 Å². The normalized spacial score (nSPS) is 14.4. The van der Waals surface area contributed by atoms with E-state index in [0.29, 0.717) is 33.1 Å². The fourth-order valence-corrected chi connectivity index (χ4v) is 3.23. The molecule has 1 aliphatic carbocycles. The Morgan fingerprint density at radius 2 is 2.00 bits per heavy atom. The van der Waals surface area contributed by atoms with Crippen LogP contribution in [-0.4, -0.2) is 14.6 Å². The average Bonchev–Trinajstić information content (AvgIpc) is 3.33. The summed E-state index contributed by atoms with van der Waals surface area (Å²) in [6.45, 7) is 0.463. The van der Waals surface area contributed by atoms with Crippen molar-refractivity contribution in [1.29, 1.82) is 0 Å². The minimum Gasteiger partial charge on any atom is -0.489 e. The molecular weight excluding hydrogens is 401 g/mol. The minimum atomic E-state index is 0.463. The summed E-state index contributed by atoms with van der Waals surface area (Å²) in [5.74, 6) is 1.30. The van der Waals surface area contributed by atoms with E-state index in [1.165, 1.54) is 18.4 Å². The standard InChI is InChI=1S/C16H12BrCl2N3O/c17-16-21-20-15-5-10(12(7-22(15)16)9-1-2-9)8-23-11-3-4-13(18)14(19)6-11/h3-7,9H,1-2,8H2. The first-order valence-corrected chi connectivity index (χ1v) is 8.77. The number of hydrogen-bond donors (Lipinski definition) is 0. The van der Waals surface area contributed by atoms with Gasteiger partial charge in [0.25, 0.3) is 0 Å². The summed E-state index contributed by atoms with van der Waals surface area (Å²) < 4.78 is 8.56. The lowest BCUT2D eigenvalue weighted by atomic mass is 10.1. The van der Waals surface area contributed by atoms with Crippen LogP contribution < -0.4 is 4.74 Å². The zero-order chi connectivity index (χ0) is 16.0. The smallest absolute Gasteiger partial charge is 0.204 e. The Bertz CT molecular complexity index is 892. The number of rotatable bonds is 4. The molecule has 4 nitrogen and oxygen atoms in total. The Balaban J connectivity index is 1.64. The third kappa shape index (κ3) is 3.05. The molecular formula is C16H12BrCl2N3O. The van der Waals surface area contributed by atoms with Gasteiger partial charge in [-0.05, 0) is 64.0 Å². The Hall–Kier alpha value is -1.30. The van der Waals surface area contributed by atoms with Crippen LogP contribution in [0, 0.1) is 0 Å². The minimum absolute atomic E-state index is 0.463. The van der Waals surface area contributed by atoms with Crippen molar-refractivity contribution in [3.63, 3.8) is 0 Å². The van der Waals surface area contributed by atoms with Gasteiger partial charge in [0.1, 0.15) is 12.4 Å². The third-order valence-corrected chi connectivity index (χ3v) is 5.21. The van der Waals surface area contributed by atoms with Crippen LogP contribution in [-0.2, 0) is 6.61 Å². The van der Waals surface area contributed by atoms with Gasteiger partial charge in [0.15, 0.2) is 5.65 Å². The maximum absolute atomic E-state index is 6.03. The molecule has 1 aromatic carbocycles. The van der Waals surface area contributed by atoms with Gasteiger partial charge in [0, 0.05) is 12.3 Å². The lowest BCUT2D eigenvalue weighted by Crippen LogP contribution is -2.02. The van der Waals surface area contributed by atoms with Crippen molar-refractivity contribution in [2.75, 3.05) is 0 Å². The molecule has 2 aromatic heterocycles. The van der Waals surface area contributed by atoms with Crippen LogP contribution in [0.5, 0.6) is 5.75 Å². The van der Waals surface area contributed by atoms with Crippen molar-refractivity contribution < 1.29 is 4.74 Å². The lowest BCUT2D eigenvalue weighted by Gasteiger charge is -2.12. The van der Waals surface area contributed by atoms with Crippen molar-refractivity contribution in [3.05, 3.63) is 56.4 Å². The summed E-state index contributed by atoms with van der Waals surface area (Å²) in [5, 5.41) is 9.22. The molecule has 0 spiro atoms. The second kappa shape index (κ2) is 5.96. The quantitative estimate of drug-likeness (QED) is 0.587. The number of fused-ring (bicyclic) bond motifs is 1. The van der Waals surface area contributed by atoms with E-state index in [0.717, 1.165) is 11.2 Å². The Kier molecular flexibility index (Phi) is 3.95. The van der Waals surface area contributed by atoms with Crippen LogP contribution >= 0.6 is 39.1 Å². The number of benzene rings is 1. The molecule has 7 heteroatoms. The van der Waals surface area contributed by atoms with E-state index in [1.807, 2.05) is 16.5 Å². The molecule has 0 bridgehead atoms. The molecule has 1 saturated carbocycles. The van der Waals surface area contributed by atoms with E-state index in [1.54, 1.807) is 12.1 Å². The van der Waals surface area contributed by atoms with Gasteiger partial charge in [-0.1, -0.05) is 23.2 Å². The first kappa shape index (κ1) is 15.2. The highest BCUT2D eigenvalue weighted by Gasteiger charge is 2.27. The zero-order valence-electron chi connectivity index (χ0n) is 12.0. The van der Waals surface area contributed by atoms with Gasteiger partial charge in [0.05, 0.1) is 10.0 Å². The molecule has 0 aliphatic heterocycles. The zero-order valence-corrected chi connectivity index (χ0v) is 15.1. The molecule has 1 fully saturated rings. The first-order chi connectivity index (χ1) is 11.1. The summed E-state index contributed by atoms with van der Waals surface area (Å²) in [5.41, 5.74) is 3.22. The number of nitrogens with zero attached hydrogens (tertiary/aromatic N) is 3. The molecule has 2 heterocycles. The predicted molar refractivity (Wildman–Crippen MR) is 93.5 cm³/mol. The largest absolute Gasteiger partial charge is 0.489 e. The van der Waals surface area contributed by atoms with Crippen LogP contribution in [0.3, 0.4) is 0 Å². The summed E-state index contributed by atoms with van der Waals surface area (Å²) in [6.07, 6.45) is 4.53. The van der Waals surface area contributed by atoms with Gasteiger partial charge < -0.3 is 4.74 Å². The van der Waals surface area contributed by atoms with E-state index in [-0.39, 0.29) is 0 Å². The Labute approximate surface area is 151 Å². The van der Waals surface area contributed by atoms with Gasteiger partial charge in [-0.25, -0.2) is 0 Å². The van der Waals surface area contributed by atoms with Gasteiger partial charge in [-0.2, -0.15) is 0 Å². The first-order valence-electron chi connectivity index (χ1n) is 7.23. The number of aromatic nitrogens is 3. The molecule has 1 aliphatic rings. The highest BCUT2D eigenvalue weighted by atomic mass is 79.9. The van der Waals surface area contributed by atoms with Crippen LogP contribution in [0.4, 0.5) is 0 Å². The molecule has 0 saturated heterocycles. The molecule has 3 aromatic rings. The third-order valence-electron chi connectivity index (χ3n) is 3.93. The van der Waals surface area contributed by atoms with Crippen LogP contribution in [0.1, 0.15) is 29.9 Å². The molecule has 4 rings (SSSR count). The monoisotopic (exact) mass is 411 g/mol. The van der Waals surface area contributed by atoms with Crippen LogP contribution in [0.15, 0.2) is 35.2 Å². The van der Waals surface area contributed by atoms with Crippen molar-refractivity contribution in [3.8, 4) is 5.75 Å². The molecule has 118 valence electrons. The fraction of sp³-hybridized carbons (Fsp3) is 0.250. The summed E-state index contributed by atoms with van der Waals surface area (Å²) >= 11 is 15.4. The van der Waals surface area contributed by atoms with Gasteiger partial charge in [-0.15, -0.1) is 10.2 Å². The summed E-state index contributed by atoms with van der Waals surface area (Å²) in [4.78, 5) is 0. The molecule has 0 radical (unpaired) electrons. The predicted octanol–water partition coefficient (Wildman–Crippen LogP) is 5.26. The molecule has 0 amide bonds. The maximum Gasteiger partial charge on any atom is 0.204 e. The fourth-order valence-electron chi connectivity index (χ4n) is 2.58. The van der Waals surface area contributed by atoms with E-state index in [9.17, 15) is 0 Å². The van der Waals surface area contributed by atoms with E-state index < -0.39 is 0 Å². The van der Waals surface area contributed by atoms with Crippen LogP contribution in [0.25, 0.3) is 5.65 Å². The Morgan fingerprint density at radius 3 is 2.74 bits per heavy atom. The van der Waals surface area contributed by atoms with Crippen molar-refractivity contribution in [2.24, 2.45) is 0 Å². The van der Waals surface area contributed by atoms with Crippen molar-refractivity contribution in [2.45, 2.75) is 25.4 Å². The van der Waals surface area contributed by atoms with Gasteiger partial charge in [-0.3, -0.25) is 4.40 Å². The maximum atomic E-state index is 6.03. The lowest BCUT2D eigenvalue weighted by molar-refractivity contribution is 0.305. The van der Waals surface area contributed by atoms with Crippen LogP contribution in [0.2, 0.25) is 10.0 Å². The number of hydrogen-bond acceptors (Lipinski definition) is 3. The van der Waals surface area contributed by atoms with E-state index >= 15 is 0 Å². The van der Waals surface area contributed by atoms with E-state index in [4.69, 9.17) is 27.9 Å². The topological polar surface area (TPSA) is 39.4 Å². The number of halogens is 3. The SMILES string of the molecule is Clc1ccc(OCc2cc3nnc(Br)n3cc2C2CC2)cc1Cl. The summed E-state index contributed by atoms with van der Waals surface area (Å²) in [6, 6.07) is 7.31. The van der Waals surface area contributed by atoms with Gasteiger partial charge in [0.2, 0.25) is 4.73 Å². The van der Waals surface area contributed by atoms with Gasteiger partial charge >= 0.3 is 0 Å². The van der Waals surface area contributed by atoms with E-state index in [2.05, 4.69) is 32.3 Å². The molecule has 23 heavy (non-hydrogen) atoms. The molecule has 0 N–H and O–H groups in total.